The van der Waals surface area contributed by atoms with E-state index in [-0.39, 0.29) is 11.2 Å². The van der Waals surface area contributed by atoms with E-state index >= 15 is 0 Å². The molecule has 0 aliphatic heterocycles. The van der Waals surface area contributed by atoms with E-state index < -0.39 is 0 Å². The van der Waals surface area contributed by atoms with Crippen molar-refractivity contribution in [3.05, 3.63) is 65.3 Å². The predicted molar refractivity (Wildman–Crippen MR) is 77.4 cm³/mol. The summed E-state index contributed by atoms with van der Waals surface area (Å²) in [6.45, 7) is 1.85. The topological polar surface area (TPSA) is 26.0 Å². The maximum atomic E-state index is 13.1. The lowest BCUT2D eigenvalue weighted by molar-refractivity contribution is 0.524. The van der Waals surface area contributed by atoms with Gasteiger partial charge in [0.15, 0.2) is 11.5 Å². The van der Waals surface area contributed by atoms with E-state index in [1.165, 1.54) is 12.1 Å². The van der Waals surface area contributed by atoms with Gasteiger partial charge in [0.25, 0.3) is 0 Å². The molecule has 3 aromatic rings. The van der Waals surface area contributed by atoms with Crippen molar-refractivity contribution in [3.63, 3.8) is 0 Å². The Morgan fingerprint density at radius 1 is 1.25 bits per heavy atom. The normalized spacial score (nSPS) is 12.8. The molecule has 0 fully saturated rings. The van der Waals surface area contributed by atoms with Crippen LogP contribution in [0.2, 0.25) is 0 Å². The summed E-state index contributed by atoms with van der Waals surface area (Å²) in [5.41, 5.74) is 3.31. The fourth-order valence-corrected chi connectivity index (χ4v) is 2.64. The van der Waals surface area contributed by atoms with Crippen molar-refractivity contribution in [2.75, 3.05) is 0 Å². The number of hydrogen-bond acceptors (Lipinski definition) is 2. The fourth-order valence-electron chi connectivity index (χ4n) is 2.26. The van der Waals surface area contributed by atoms with Crippen molar-refractivity contribution in [3.8, 4) is 0 Å². The highest BCUT2D eigenvalue weighted by atomic mass is 35.5. The minimum Gasteiger partial charge on any atom is -0.441 e. The maximum Gasteiger partial charge on any atom is 0.197 e. The van der Waals surface area contributed by atoms with E-state index in [9.17, 15) is 4.39 Å². The van der Waals surface area contributed by atoms with Gasteiger partial charge in [-0.05, 0) is 42.3 Å². The van der Waals surface area contributed by atoms with Crippen LogP contribution in [0.3, 0.4) is 0 Å². The third-order valence-electron chi connectivity index (χ3n) is 3.26. The van der Waals surface area contributed by atoms with E-state index in [0.29, 0.717) is 12.3 Å². The Labute approximate surface area is 121 Å². The van der Waals surface area contributed by atoms with Gasteiger partial charge >= 0.3 is 0 Å². The van der Waals surface area contributed by atoms with Crippen LogP contribution >= 0.6 is 11.6 Å². The number of nitrogens with zero attached hydrogens (tertiary/aromatic N) is 1. The summed E-state index contributed by atoms with van der Waals surface area (Å²) in [6.07, 6.45) is 0.475. The number of aromatic nitrogens is 1. The van der Waals surface area contributed by atoms with Crippen molar-refractivity contribution in [2.45, 2.75) is 18.7 Å². The van der Waals surface area contributed by atoms with Gasteiger partial charge in [-0.1, -0.05) is 18.2 Å². The SMILES string of the molecule is Cc1cc(F)ccc1C(Cl)Cc1nc2ccccc2o1. The molecular weight excluding hydrogens is 277 g/mol. The van der Waals surface area contributed by atoms with Crippen LogP contribution < -0.4 is 0 Å². The molecule has 102 valence electrons. The largest absolute Gasteiger partial charge is 0.441 e. The van der Waals surface area contributed by atoms with Gasteiger partial charge in [0.2, 0.25) is 0 Å². The lowest BCUT2D eigenvalue weighted by Crippen LogP contribution is -1.99. The number of rotatable bonds is 3. The van der Waals surface area contributed by atoms with E-state index in [1.807, 2.05) is 31.2 Å². The molecule has 0 amide bonds. The molecule has 1 heterocycles. The number of para-hydroxylation sites is 2. The lowest BCUT2D eigenvalue weighted by Gasteiger charge is -2.10. The summed E-state index contributed by atoms with van der Waals surface area (Å²) in [5.74, 6) is 0.340. The Kier molecular flexibility index (Phi) is 3.45. The van der Waals surface area contributed by atoms with E-state index in [1.54, 1.807) is 6.07 Å². The van der Waals surface area contributed by atoms with Gasteiger partial charge < -0.3 is 4.42 Å². The van der Waals surface area contributed by atoms with Gasteiger partial charge in [-0.15, -0.1) is 11.6 Å². The first-order valence-electron chi connectivity index (χ1n) is 6.38. The number of benzene rings is 2. The second-order valence-corrected chi connectivity index (χ2v) is 5.27. The molecule has 0 N–H and O–H groups in total. The van der Waals surface area contributed by atoms with Crippen molar-refractivity contribution in [1.82, 2.24) is 4.98 Å². The van der Waals surface area contributed by atoms with Crippen LogP contribution in [-0.2, 0) is 6.42 Å². The average Bonchev–Trinajstić information content (AvgIpc) is 2.80. The molecule has 2 nitrogen and oxygen atoms in total. The van der Waals surface area contributed by atoms with Crippen LogP contribution in [0.1, 0.15) is 22.4 Å². The van der Waals surface area contributed by atoms with Crippen LogP contribution in [0, 0.1) is 12.7 Å². The molecule has 1 atom stereocenters. The quantitative estimate of drug-likeness (QED) is 0.647. The standard InChI is InChI=1S/C16H13ClFNO/c1-10-8-11(18)6-7-12(10)13(17)9-16-19-14-4-2-3-5-15(14)20-16/h2-8,13H,9H2,1H3. The van der Waals surface area contributed by atoms with Crippen LogP contribution in [0.5, 0.6) is 0 Å². The second kappa shape index (κ2) is 5.25. The van der Waals surface area contributed by atoms with Crippen LogP contribution in [0.25, 0.3) is 11.1 Å². The molecule has 1 unspecified atom stereocenters. The Morgan fingerprint density at radius 2 is 2.05 bits per heavy atom. The van der Waals surface area contributed by atoms with Gasteiger partial charge in [-0.25, -0.2) is 9.37 Å². The minimum atomic E-state index is -0.288. The summed E-state index contributed by atoms with van der Waals surface area (Å²) in [7, 11) is 0. The van der Waals surface area contributed by atoms with Crippen molar-refractivity contribution in [2.24, 2.45) is 0 Å². The summed E-state index contributed by atoms with van der Waals surface area (Å²) >= 11 is 6.40. The highest BCUT2D eigenvalue weighted by Crippen LogP contribution is 2.29. The molecule has 0 aliphatic rings. The molecule has 0 saturated heterocycles. The van der Waals surface area contributed by atoms with Gasteiger partial charge in [0.1, 0.15) is 11.3 Å². The van der Waals surface area contributed by atoms with Crippen molar-refractivity contribution in [1.29, 1.82) is 0 Å². The number of alkyl halides is 1. The van der Waals surface area contributed by atoms with Crippen LogP contribution in [0.15, 0.2) is 46.9 Å². The molecule has 1 aromatic heterocycles. The van der Waals surface area contributed by atoms with Gasteiger partial charge in [0, 0.05) is 6.42 Å². The first-order valence-corrected chi connectivity index (χ1v) is 6.81. The average molecular weight is 290 g/mol. The first-order chi connectivity index (χ1) is 9.63. The first kappa shape index (κ1) is 13.1. The van der Waals surface area contributed by atoms with Crippen LogP contribution in [0.4, 0.5) is 4.39 Å². The lowest BCUT2D eigenvalue weighted by atomic mass is 10.0. The summed E-state index contributed by atoms with van der Waals surface area (Å²) in [4.78, 5) is 4.40. The Bertz CT molecular complexity index is 720. The van der Waals surface area contributed by atoms with Crippen molar-refractivity contribution >= 4 is 22.7 Å². The van der Waals surface area contributed by atoms with E-state index in [2.05, 4.69) is 4.98 Å². The molecule has 0 saturated carbocycles. The molecule has 2 aromatic carbocycles. The molecule has 20 heavy (non-hydrogen) atoms. The fraction of sp³-hybridized carbons (Fsp3) is 0.188. The predicted octanol–water partition coefficient (Wildman–Crippen LogP) is 4.80. The van der Waals surface area contributed by atoms with E-state index in [0.717, 1.165) is 22.2 Å². The van der Waals surface area contributed by atoms with E-state index in [4.69, 9.17) is 16.0 Å². The number of halogens is 2. The van der Waals surface area contributed by atoms with Gasteiger partial charge in [0.05, 0.1) is 5.38 Å². The summed E-state index contributed by atoms with van der Waals surface area (Å²) in [6, 6.07) is 12.2. The second-order valence-electron chi connectivity index (χ2n) is 4.75. The van der Waals surface area contributed by atoms with Gasteiger partial charge in [-0.2, -0.15) is 0 Å². The Morgan fingerprint density at radius 3 is 2.80 bits per heavy atom. The molecule has 3 rings (SSSR count). The number of aryl methyl sites for hydroxylation is 1. The third-order valence-corrected chi connectivity index (χ3v) is 3.65. The summed E-state index contributed by atoms with van der Waals surface area (Å²) < 4.78 is 18.8. The molecule has 0 bridgehead atoms. The highest BCUT2D eigenvalue weighted by molar-refractivity contribution is 6.21. The Hall–Kier alpha value is -1.87. The summed E-state index contributed by atoms with van der Waals surface area (Å²) in [5, 5.41) is -0.288. The van der Waals surface area contributed by atoms with Gasteiger partial charge in [-0.3, -0.25) is 0 Å². The molecular formula is C16H13ClFNO. The molecule has 4 heteroatoms. The number of hydrogen-bond donors (Lipinski definition) is 0. The smallest absolute Gasteiger partial charge is 0.197 e. The zero-order valence-corrected chi connectivity index (χ0v) is 11.7. The third kappa shape index (κ3) is 2.54. The van der Waals surface area contributed by atoms with Crippen molar-refractivity contribution < 1.29 is 8.81 Å². The minimum absolute atomic E-state index is 0.253. The number of fused-ring (bicyclic) bond motifs is 1. The maximum absolute atomic E-state index is 13.1. The Balaban J connectivity index is 1.86. The monoisotopic (exact) mass is 289 g/mol. The van der Waals surface area contributed by atoms with Crippen LogP contribution in [-0.4, -0.2) is 4.98 Å². The number of oxazole rings is 1. The molecule has 0 aliphatic carbocycles. The zero-order chi connectivity index (χ0) is 14.1. The molecule has 0 radical (unpaired) electrons. The zero-order valence-electron chi connectivity index (χ0n) is 10.9. The highest BCUT2D eigenvalue weighted by Gasteiger charge is 2.15. The molecule has 0 spiro atoms.